The van der Waals surface area contributed by atoms with Crippen LogP contribution in [0.1, 0.15) is 38.8 Å². The summed E-state index contributed by atoms with van der Waals surface area (Å²) < 4.78 is 0. The van der Waals surface area contributed by atoms with Gasteiger partial charge in [-0.2, -0.15) is 20.4 Å². The molecule has 0 saturated heterocycles. The van der Waals surface area contributed by atoms with Crippen molar-refractivity contribution < 1.29 is 37.5 Å². The number of phenols is 2. The van der Waals surface area contributed by atoms with E-state index in [-0.39, 0.29) is 39.7 Å². The number of rotatable bonds is 4. The summed E-state index contributed by atoms with van der Waals surface area (Å²) in [6.07, 6.45) is 0. The summed E-state index contributed by atoms with van der Waals surface area (Å²) >= 11 is 0. The Morgan fingerprint density at radius 3 is 1.21 bits per heavy atom. The molecule has 2 N–H and O–H groups in total. The third-order valence-electron chi connectivity index (χ3n) is 2.95. The molecule has 2 aromatic carbocycles. The summed E-state index contributed by atoms with van der Waals surface area (Å²) in [4.78, 5) is 0. The van der Waals surface area contributed by atoms with Gasteiger partial charge in [0.05, 0.1) is 0 Å². The van der Waals surface area contributed by atoms with Gasteiger partial charge in [0, 0.05) is 34.3 Å². The molecule has 0 unspecified atom stereocenters. The normalized spacial score (nSPS) is 10.8. The van der Waals surface area contributed by atoms with Crippen molar-refractivity contribution in [3.05, 3.63) is 59.7 Å². The van der Waals surface area contributed by atoms with Crippen LogP contribution in [-0.4, -0.2) is 33.4 Å². The molecule has 29 heavy (non-hydrogen) atoms. The van der Waals surface area contributed by atoms with Gasteiger partial charge in [-0.25, -0.2) is 0 Å². The Morgan fingerprint density at radius 2 is 0.931 bits per heavy atom. The molecule has 0 fully saturated rings. The molecule has 9 heteroatoms. The summed E-state index contributed by atoms with van der Waals surface area (Å²) in [7, 11) is 0. The van der Waals surface area contributed by atoms with Crippen molar-refractivity contribution >= 4 is 23.2 Å². The standard InChI is InChI=1S/2C10H12N2O2.Cu/c2*1-7(2)11-12-10(14)8-5-3-4-6-9(8)13;/h2*3-6,13H,1-2H3,(H,12,14);/q;;+2/p-2. The van der Waals surface area contributed by atoms with Crippen LogP contribution in [0.5, 0.6) is 11.5 Å². The average molecular weight is 446 g/mol. The van der Waals surface area contributed by atoms with Gasteiger partial charge in [0.25, 0.3) is 0 Å². The third-order valence-corrected chi connectivity index (χ3v) is 2.95. The minimum absolute atomic E-state index is 0. The minimum atomic E-state index is -0.538. The quantitative estimate of drug-likeness (QED) is 0.321. The topological polar surface area (TPSA) is 136 Å². The Hall–Kier alpha value is -3.16. The van der Waals surface area contributed by atoms with E-state index in [1.807, 2.05) is 0 Å². The predicted octanol–water partition coefficient (Wildman–Crippen LogP) is 1.79. The van der Waals surface area contributed by atoms with Crippen LogP contribution < -0.4 is 10.2 Å². The smallest absolute Gasteiger partial charge is 0.857 e. The van der Waals surface area contributed by atoms with Gasteiger partial charge in [-0.3, -0.25) is 0 Å². The fraction of sp³-hybridized carbons (Fsp3) is 0.200. The van der Waals surface area contributed by atoms with E-state index in [0.29, 0.717) is 11.4 Å². The van der Waals surface area contributed by atoms with E-state index in [0.717, 1.165) is 0 Å². The van der Waals surface area contributed by atoms with Gasteiger partial charge in [0.15, 0.2) is 0 Å². The molecule has 0 aliphatic carbocycles. The van der Waals surface area contributed by atoms with Gasteiger partial charge in [-0.1, -0.05) is 36.4 Å². The number of hydrogen-bond donors (Lipinski definition) is 2. The van der Waals surface area contributed by atoms with Crippen LogP contribution in [0.4, 0.5) is 0 Å². The molecule has 0 aliphatic heterocycles. The zero-order chi connectivity index (χ0) is 21.1. The molecule has 0 spiro atoms. The molecular formula is C20H22CuN4O4. The summed E-state index contributed by atoms with van der Waals surface area (Å²) in [5, 5.41) is 55.4. The zero-order valence-electron chi connectivity index (χ0n) is 16.4. The van der Waals surface area contributed by atoms with Gasteiger partial charge in [0.1, 0.15) is 11.5 Å². The number of benzene rings is 2. The zero-order valence-corrected chi connectivity index (χ0v) is 17.4. The van der Waals surface area contributed by atoms with E-state index in [1.54, 1.807) is 52.0 Å². The molecule has 0 heterocycles. The molecule has 8 nitrogen and oxygen atoms in total. The second-order valence-corrected chi connectivity index (χ2v) is 5.94. The first-order valence-electron chi connectivity index (χ1n) is 8.30. The molecule has 0 aromatic heterocycles. The van der Waals surface area contributed by atoms with Gasteiger partial charge in [0.2, 0.25) is 0 Å². The fourth-order valence-corrected chi connectivity index (χ4v) is 1.71. The van der Waals surface area contributed by atoms with Crippen molar-refractivity contribution in [2.45, 2.75) is 27.7 Å². The number of aromatic hydroxyl groups is 2. The van der Waals surface area contributed by atoms with E-state index in [2.05, 4.69) is 20.4 Å². The van der Waals surface area contributed by atoms with Crippen molar-refractivity contribution in [3.8, 4) is 11.5 Å². The van der Waals surface area contributed by atoms with Crippen LogP contribution in [0.3, 0.4) is 0 Å². The van der Waals surface area contributed by atoms with E-state index in [9.17, 15) is 20.4 Å². The van der Waals surface area contributed by atoms with Crippen LogP contribution in [0.15, 0.2) is 68.9 Å². The van der Waals surface area contributed by atoms with Crippen LogP contribution >= 0.6 is 0 Å². The number of para-hydroxylation sites is 2. The summed E-state index contributed by atoms with van der Waals surface area (Å²) in [6, 6.07) is 12.5. The molecule has 157 valence electrons. The van der Waals surface area contributed by atoms with Crippen molar-refractivity contribution in [3.63, 3.8) is 0 Å². The Labute approximate surface area is 180 Å². The van der Waals surface area contributed by atoms with Gasteiger partial charge in [-0.15, -0.1) is 0 Å². The molecule has 0 amide bonds. The predicted molar refractivity (Wildman–Crippen MR) is 107 cm³/mol. The average Bonchev–Trinajstić information content (AvgIpc) is 2.65. The molecule has 0 aliphatic rings. The van der Waals surface area contributed by atoms with Crippen LogP contribution in [-0.2, 0) is 17.1 Å². The maximum atomic E-state index is 11.3. The van der Waals surface area contributed by atoms with Gasteiger partial charge >= 0.3 is 17.1 Å². The second-order valence-electron chi connectivity index (χ2n) is 5.94. The van der Waals surface area contributed by atoms with Gasteiger partial charge < -0.3 is 20.4 Å². The summed E-state index contributed by atoms with van der Waals surface area (Å²) in [5.74, 6) is -1.23. The van der Waals surface area contributed by atoms with E-state index in [4.69, 9.17) is 0 Å². The van der Waals surface area contributed by atoms with E-state index < -0.39 is 11.8 Å². The molecule has 0 saturated carbocycles. The monoisotopic (exact) mass is 445 g/mol. The van der Waals surface area contributed by atoms with Gasteiger partial charge in [-0.05, 0) is 39.8 Å². The minimum Gasteiger partial charge on any atom is -0.857 e. The fourth-order valence-electron chi connectivity index (χ4n) is 1.71. The molecular weight excluding hydrogens is 424 g/mol. The first-order chi connectivity index (χ1) is 13.2. The molecule has 0 bridgehead atoms. The van der Waals surface area contributed by atoms with E-state index >= 15 is 0 Å². The SMILES string of the molecule is CC(C)=N/N=C(\[O-])c1ccccc1O.CC(C)=N/N=C(\[O-])c1ccccc1O.[Cu+2]. The molecule has 2 aromatic rings. The van der Waals surface area contributed by atoms with Crippen LogP contribution in [0.2, 0.25) is 0 Å². The largest absolute Gasteiger partial charge is 2.00 e. The third kappa shape index (κ3) is 9.55. The Kier molecular flexibility index (Phi) is 11.7. The first kappa shape index (κ1) is 25.8. The second kappa shape index (κ2) is 13.1. The van der Waals surface area contributed by atoms with Crippen molar-refractivity contribution in [1.82, 2.24) is 0 Å². The Morgan fingerprint density at radius 1 is 0.621 bits per heavy atom. The van der Waals surface area contributed by atoms with Crippen molar-refractivity contribution in [1.29, 1.82) is 0 Å². The molecule has 1 radical (unpaired) electrons. The van der Waals surface area contributed by atoms with Crippen molar-refractivity contribution in [2.75, 3.05) is 0 Å². The Balaban J connectivity index is 0.000000523. The first-order valence-corrected chi connectivity index (χ1v) is 8.30. The number of hydrogen-bond acceptors (Lipinski definition) is 8. The number of nitrogens with zero attached hydrogens (tertiary/aromatic N) is 4. The van der Waals surface area contributed by atoms with Crippen molar-refractivity contribution in [2.24, 2.45) is 20.4 Å². The maximum absolute atomic E-state index is 11.3. The number of phenolic OH excluding ortho intramolecular Hbond substituents is 2. The maximum Gasteiger partial charge on any atom is 2.00 e. The van der Waals surface area contributed by atoms with E-state index in [1.165, 1.54) is 24.3 Å². The summed E-state index contributed by atoms with van der Waals surface area (Å²) in [5.41, 5.74) is 1.71. The van der Waals surface area contributed by atoms with Crippen LogP contribution in [0.25, 0.3) is 0 Å². The Bertz CT molecular complexity index is 841. The van der Waals surface area contributed by atoms with Crippen LogP contribution in [0, 0.1) is 0 Å². The molecule has 2 rings (SSSR count). The summed E-state index contributed by atoms with van der Waals surface area (Å²) in [6.45, 7) is 6.95. The molecule has 0 atom stereocenters.